The molecular formula is C13H6Cl2F2N2OS. The van der Waals surface area contributed by atoms with Crippen LogP contribution < -0.4 is 5.73 Å². The Balaban J connectivity index is 2.24. The van der Waals surface area contributed by atoms with Crippen LogP contribution in [0.1, 0.15) is 0 Å². The first-order chi connectivity index (χ1) is 9.95. The first-order valence-electron chi connectivity index (χ1n) is 5.62. The predicted molar refractivity (Wildman–Crippen MR) is 79.6 cm³/mol. The SMILES string of the molecule is Nc1noc(-c2cc(Cl)sc2Cl)c1-c1cc(F)cc(F)c1. The fraction of sp³-hybridized carbons (Fsp3) is 0. The van der Waals surface area contributed by atoms with Crippen LogP contribution in [0.5, 0.6) is 0 Å². The lowest BCUT2D eigenvalue weighted by Gasteiger charge is -2.03. The molecule has 21 heavy (non-hydrogen) atoms. The van der Waals surface area contributed by atoms with Gasteiger partial charge in [0.2, 0.25) is 0 Å². The van der Waals surface area contributed by atoms with Crippen LogP contribution in [0.3, 0.4) is 0 Å². The highest BCUT2D eigenvalue weighted by molar-refractivity contribution is 7.20. The summed E-state index contributed by atoms with van der Waals surface area (Å²) < 4.78 is 32.8. The van der Waals surface area contributed by atoms with Crippen molar-refractivity contribution in [1.82, 2.24) is 5.16 Å². The molecule has 3 nitrogen and oxygen atoms in total. The van der Waals surface area contributed by atoms with E-state index in [9.17, 15) is 8.78 Å². The van der Waals surface area contributed by atoms with Gasteiger partial charge in [0.1, 0.15) is 16.0 Å². The molecule has 3 aromatic rings. The Kier molecular flexibility index (Phi) is 3.61. The second kappa shape index (κ2) is 5.29. The van der Waals surface area contributed by atoms with Crippen molar-refractivity contribution < 1.29 is 13.3 Å². The lowest BCUT2D eigenvalue weighted by atomic mass is 10.0. The molecule has 2 aromatic heterocycles. The van der Waals surface area contributed by atoms with Crippen LogP contribution in [0, 0.1) is 11.6 Å². The number of nitrogen functional groups attached to an aromatic ring is 1. The van der Waals surface area contributed by atoms with Gasteiger partial charge in [-0.1, -0.05) is 28.4 Å². The van der Waals surface area contributed by atoms with Gasteiger partial charge in [0.05, 0.1) is 15.5 Å². The van der Waals surface area contributed by atoms with Gasteiger partial charge in [0, 0.05) is 6.07 Å². The zero-order valence-corrected chi connectivity index (χ0v) is 12.5. The number of benzene rings is 1. The topological polar surface area (TPSA) is 52.0 Å². The second-order valence-corrected chi connectivity index (χ2v) is 6.45. The molecule has 0 amide bonds. The maximum absolute atomic E-state index is 13.4. The van der Waals surface area contributed by atoms with E-state index >= 15 is 0 Å². The van der Waals surface area contributed by atoms with Gasteiger partial charge in [-0.05, 0) is 23.8 Å². The third-order valence-electron chi connectivity index (χ3n) is 2.77. The molecular weight excluding hydrogens is 341 g/mol. The molecule has 3 rings (SSSR count). The number of aromatic nitrogens is 1. The van der Waals surface area contributed by atoms with E-state index in [0.29, 0.717) is 14.2 Å². The fourth-order valence-electron chi connectivity index (χ4n) is 1.96. The quantitative estimate of drug-likeness (QED) is 0.690. The molecule has 0 bridgehead atoms. The van der Waals surface area contributed by atoms with E-state index in [-0.39, 0.29) is 22.7 Å². The number of nitrogens with zero attached hydrogens (tertiary/aromatic N) is 1. The average Bonchev–Trinajstić information content (AvgIpc) is 2.90. The minimum Gasteiger partial charge on any atom is -0.380 e. The van der Waals surface area contributed by atoms with Crippen molar-refractivity contribution in [2.45, 2.75) is 0 Å². The van der Waals surface area contributed by atoms with Crippen molar-refractivity contribution in [2.75, 3.05) is 5.73 Å². The standard InChI is InChI=1S/C13H6Cl2F2N2OS/c14-9-4-8(12(15)21-9)11-10(13(18)19-20-11)5-1-6(16)3-7(17)2-5/h1-4H,(H2,18,19). The van der Waals surface area contributed by atoms with Gasteiger partial charge in [0.25, 0.3) is 0 Å². The van der Waals surface area contributed by atoms with E-state index in [1.165, 1.54) is 0 Å². The molecule has 0 atom stereocenters. The maximum atomic E-state index is 13.4. The Morgan fingerprint density at radius 1 is 1.10 bits per heavy atom. The first-order valence-corrected chi connectivity index (χ1v) is 7.19. The van der Waals surface area contributed by atoms with Gasteiger partial charge >= 0.3 is 0 Å². The molecule has 0 saturated carbocycles. The third-order valence-corrected chi connectivity index (χ3v) is 4.26. The van der Waals surface area contributed by atoms with Crippen molar-refractivity contribution in [1.29, 1.82) is 0 Å². The number of anilines is 1. The number of hydrogen-bond donors (Lipinski definition) is 1. The summed E-state index contributed by atoms with van der Waals surface area (Å²) in [5.41, 5.74) is 6.69. The highest BCUT2D eigenvalue weighted by Crippen LogP contribution is 2.44. The summed E-state index contributed by atoms with van der Waals surface area (Å²) in [7, 11) is 0. The third kappa shape index (κ3) is 2.62. The second-order valence-electron chi connectivity index (χ2n) is 4.17. The van der Waals surface area contributed by atoms with E-state index in [1.807, 2.05) is 0 Å². The van der Waals surface area contributed by atoms with Crippen LogP contribution in [0.15, 0.2) is 28.8 Å². The van der Waals surface area contributed by atoms with Gasteiger partial charge < -0.3 is 10.3 Å². The molecule has 0 aliphatic rings. The van der Waals surface area contributed by atoms with E-state index in [4.69, 9.17) is 33.5 Å². The van der Waals surface area contributed by atoms with Crippen molar-refractivity contribution in [3.8, 4) is 22.5 Å². The average molecular weight is 347 g/mol. The molecule has 2 heterocycles. The number of rotatable bonds is 2. The number of thiophene rings is 1. The molecule has 0 unspecified atom stereocenters. The lowest BCUT2D eigenvalue weighted by molar-refractivity contribution is 0.436. The highest BCUT2D eigenvalue weighted by atomic mass is 35.5. The lowest BCUT2D eigenvalue weighted by Crippen LogP contribution is -1.90. The Bertz CT molecular complexity index is 811. The van der Waals surface area contributed by atoms with Gasteiger partial charge in [-0.2, -0.15) is 0 Å². The Labute approximate surface area is 131 Å². The van der Waals surface area contributed by atoms with Gasteiger partial charge in [0.15, 0.2) is 11.6 Å². The van der Waals surface area contributed by atoms with Crippen LogP contribution in [-0.4, -0.2) is 5.16 Å². The largest absolute Gasteiger partial charge is 0.380 e. The fourth-order valence-corrected chi connectivity index (χ4v) is 3.42. The number of halogens is 4. The van der Waals surface area contributed by atoms with Crippen LogP contribution in [0.4, 0.5) is 14.6 Å². The minimum atomic E-state index is -0.731. The minimum absolute atomic E-state index is 0.00777. The van der Waals surface area contributed by atoms with Crippen LogP contribution in [0.25, 0.3) is 22.5 Å². The Morgan fingerprint density at radius 2 is 1.76 bits per heavy atom. The Morgan fingerprint density at radius 3 is 2.33 bits per heavy atom. The summed E-state index contributed by atoms with van der Waals surface area (Å²) in [5, 5.41) is 3.64. The summed E-state index contributed by atoms with van der Waals surface area (Å²) in [6.07, 6.45) is 0. The zero-order chi connectivity index (χ0) is 15.1. The molecule has 0 spiro atoms. The van der Waals surface area contributed by atoms with Gasteiger partial charge in [-0.15, -0.1) is 11.3 Å². The molecule has 0 radical (unpaired) electrons. The van der Waals surface area contributed by atoms with E-state index in [1.54, 1.807) is 6.07 Å². The van der Waals surface area contributed by atoms with E-state index < -0.39 is 11.6 Å². The van der Waals surface area contributed by atoms with Crippen molar-refractivity contribution >= 4 is 40.4 Å². The summed E-state index contributed by atoms with van der Waals surface area (Å²) in [4.78, 5) is 0. The molecule has 2 N–H and O–H groups in total. The van der Waals surface area contributed by atoms with E-state index in [0.717, 1.165) is 29.5 Å². The molecule has 0 fully saturated rings. The molecule has 8 heteroatoms. The smallest absolute Gasteiger partial charge is 0.179 e. The van der Waals surface area contributed by atoms with Gasteiger partial charge in [-0.25, -0.2) is 8.78 Å². The van der Waals surface area contributed by atoms with Crippen LogP contribution in [-0.2, 0) is 0 Å². The van der Waals surface area contributed by atoms with E-state index in [2.05, 4.69) is 5.16 Å². The van der Waals surface area contributed by atoms with Crippen LogP contribution in [0.2, 0.25) is 8.67 Å². The molecule has 0 saturated heterocycles. The first kappa shape index (κ1) is 14.3. The summed E-state index contributed by atoms with van der Waals surface area (Å²) in [6, 6.07) is 4.61. The Hall–Kier alpha value is -1.63. The molecule has 0 aliphatic heterocycles. The maximum Gasteiger partial charge on any atom is 0.179 e. The van der Waals surface area contributed by atoms with Crippen LogP contribution >= 0.6 is 34.5 Å². The summed E-state index contributed by atoms with van der Waals surface area (Å²) >= 11 is 13.1. The van der Waals surface area contributed by atoms with Gasteiger partial charge in [-0.3, -0.25) is 0 Å². The predicted octanol–water partition coefficient (Wildman–Crippen LogP) is 5.24. The highest BCUT2D eigenvalue weighted by Gasteiger charge is 2.22. The molecule has 108 valence electrons. The number of hydrogen-bond acceptors (Lipinski definition) is 4. The zero-order valence-electron chi connectivity index (χ0n) is 10.2. The number of nitrogens with two attached hydrogens (primary N) is 1. The van der Waals surface area contributed by atoms with Crippen molar-refractivity contribution in [3.05, 3.63) is 44.6 Å². The normalized spacial score (nSPS) is 11.0. The van der Waals surface area contributed by atoms with Crippen molar-refractivity contribution in [3.63, 3.8) is 0 Å². The summed E-state index contributed by atoms with van der Waals surface area (Å²) in [6.45, 7) is 0. The summed E-state index contributed by atoms with van der Waals surface area (Å²) in [5.74, 6) is -1.24. The van der Waals surface area contributed by atoms with Crippen molar-refractivity contribution in [2.24, 2.45) is 0 Å². The monoisotopic (exact) mass is 346 g/mol. The molecule has 0 aliphatic carbocycles. The molecule has 1 aromatic carbocycles.